The minimum absolute atomic E-state index is 0.226. The van der Waals surface area contributed by atoms with E-state index in [9.17, 15) is 48.3 Å². The molecule has 2 rings (SSSR count). The summed E-state index contributed by atoms with van der Waals surface area (Å²) in [5.41, 5.74) is 0. The monoisotopic (exact) mass is 451 g/mol. The third kappa shape index (κ3) is 5.26. The van der Waals surface area contributed by atoms with E-state index in [1.54, 1.807) is 0 Å². The van der Waals surface area contributed by atoms with Crippen LogP contribution < -0.4 is 0 Å². The molecule has 0 aromatic rings. The van der Waals surface area contributed by atoms with Gasteiger partial charge in [-0.2, -0.15) is 26.3 Å². The second kappa shape index (κ2) is 8.35. The molecule has 0 spiro atoms. The number of hydrogen-bond donors (Lipinski definition) is 0. The highest BCUT2D eigenvalue weighted by molar-refractivity contribution is 5.02. The Kier molecular flexibility index (Phi) is 7.03. The molecule has 0 aromatic heterocycles. The molecule has 29 heavy (non-hydrogen) atoms. The number of ether oxygens (including phenoxy) is 1. The molecule has 13 heteroatoms. The number of likely N-dealkylation sites (tertiary alicyclic amines) is 1. The van der Waals surface area contributed by atoms with E-state index >= 15 is 0 Å². The zero-order valence-electron chi connectivity index (χ0n) is 15.0. The van der Waals surface area contributed by atoms with Gasteiger partial charge < -0.3 is 4.74 Å². The Morgan fingerprint density at radius 3 is 1.52 bits per heavy atom. The van der Waals surface area contributed by atoms with Crippen LogP contribution in [0.25, 0.3) is 0 Å². The van der Waals surface area contributed by atoms with Crippen molar-refractivity contribution in [3.63, 3.8) is 0 Å². The average molecular weight is 451 g/mol. The van der Waals surface area contributed by atoms with Crippen molar-refractivity contribution in [2.45, 2.75) is 87.1 Å². The first kappa shape index (κ1) is 24.4. The first-order valence-electron chi connectivity index (χ1n) is 9.02. The van der Waals surface area contributed by atoms with E-state index in [-0.39, 0.29) is 25.9 Å². The number of alkyl halides is 11. The van der Waals surface area contributed by atoms with Crippen LogP contribution in [-0.4, -0.2) is 66.6 Å². The standard InChI is InChI=1S/C16H20F11NO/c17-11(15(22,23)24)13(18,19)9-5-6-10(29-9)14(20,21)12(16(25,26)27)28-7-3-1-2-4-8-28/h9-12H,1-8H2. The lowest BCUT2D eigenvalue weighted by molar-refractivity contribution is -0.294. The van der Waals surface area contributed by atoms with E-state index in [1.165, 1.54) is 0 Å². The summed E-state index contributed by atoms with van der Waals surface area (Å²) >= 11 is 0. The van der Waals surface area contributed by atoms with Crippen LogP contribution in [0.1, 0.15) is 38.5 Å². The second-order valence-corrected chi connectivity index (χ2v) is 7.34. The predicted molar refractivity (Wildman–Crippen MR) is 78.6 cm³/mol. The highest BCUT2D eigenvalue weighted by Gasteiger charge is 2.67. The van der Waals surface area contributed by atoms with Crippen LogP contribution in [0, 0.1) is 0 Å². The van der Waals surface area contributed by atoms with Crippen LogP contribution in [0.2, 0.25) is 0 Å². The minimum Gasteiger partial charge on any atom is -0.362 e. The van der Waals surface area contributed by atoms with Crippen LogP contribution in [-0.2, 0) is 4.74 Å². The van der Waals surface area contributed by atoms with E-state index in [0.717, 1.165) is 0 Å². The van der Waals surface area contributed by atoms with Gasteiger partial charge in [0.15, 0.2) is 6.04 Å². The van der Waals surface area contributed by atoms with Gasteiger partial charge in [-0.1, -0.05) is 12.8 Å². The Bertz CT molecular complexity index is 540. The first-order valence-corrected chi connectivity index (χ1v) is 9.02. The van der Waals surface area contributed by atoms with Gasteiger partial charge in [-0.25, -0.2) is 22.0 Å². The summed E-state index contributed by atoms with van der Waals surface area (Å²) in [6.07, 6.45) is -22.4. The molecule has 0 aliphatic carbocycles. The van der Waals surface area contributed by atoms with Gasteiger partial charge in [0.25, 0.3) is 12.1 Å². The van der Waals surface area contributed by atoms with Crippen molar-refractivity contribution in [1.82, 2.24) is 4.90 Å². The molecule has 2 aliphatic rings. The Morgan fingerprint density at radius 1 is 0.655 bits per heavy atom. The number of nitrogens with zero attached hydrogens (tertiary/aromatic N) is 1. The molecule has 0 bridgehead atoms. The highest BCUT2D eigenvalue weighted by Crippen LogP contribution is 2.48. The van der Waals surface area contributed by atoms with Crippen LogP contribution in [0.5, 0.6) is 0 Å². The molecule has 4 atom stereocenters. The minimum atomic E-state index is -5.98. The predicted octanol–water partition coefficient (Wildman–Crippen LogP) is 5.51. The fraction of sp³-hybridized carbons (Fsp3) is 1.00. The van der Waals surface area contributed by atoms with E-state index in [4.69, 9.17) is 0 Å². The fourth-order valence-electron chi connectivity index (χ4n) is 3.78. The molecule has 0 amide bonds. The molecular formula is C16H20F11NO. The van der Waals surface area contributed by atoms with Crippen LogP contribution in [0.3, 0.4) is 0 Å². The summed E-state index contributed by atoms with van der Waals surface area (Å²) < 4.78 is 152. The molecule has 4 unspecified atom stereocenters. The summed E-state index contributed by atoms with van der Waals surface area (Å²) in [4.78, 5) is 0.509. The maximum absolute atomic E-state index is 14.8. The third-order valence-electron chi connectivity index (χ3n) is 5.18. The summed E-state index contributed by atoms with van der Waals surface area (Å²) in [5, 5.41) is 0. The Labute approximate surface area is 159 Å². The van der Waals surface area contributed by atoms with Crippen molar-refractivity contribution in [2.24, 2.45) is 0 Å². The first-order chi connectivity index (χ1) is 13.1. The normalized spacial score (nSPS) is 28.2. The molecule has 2 nitrogen and oxygen atoms in total. The summed E-state index contributed by atoms with van der Waals surface area (Å²) in [6.45, 7) is -0.598. The molecule has 2 fully saturated rings. The van der Waals surface area contributed by atoms with Gasteiger partial charge in [0.1, 0.15) is 12.2 Å². The zero-order chi connectivity index (χ0) is 22.3. The Balaban J connectivity index is 2.22. The fourth-order valence-corrected chi connectivity index (χ4v) is 3.78. The summed E-state index contributed by atoms with van der Waals surface area (Å²) in [5.74, 6) is -9.92. The van der Waals surface area contributed by atoms with Gasteiger partial charge >= 0.3 is 18.3 Å². The Morgan fingerprint density at radius 2 is 1.10 bits per heavy atom. The van der Waals surface area contributed by atoms with Crippen LogP contribution in [0.15, 0.2) is 0 Å². The summed E-state index contributed by atoms with van der Waals surface area (Å²) in [6, 6.07) is -3.34. The molecule has 0 aromatic carbocycles. The quantitative estimate of drug-likeness (QED) is 0.511. The summed E-state index contributed by atoms with van der Waals surface area (Å²) in [7, 11) is 0. The largest absolute Gasteiger partial charge is 0.425 e. The van der Waals surface area contributed by atoms with Gasteiger partial charge in [-0.15, -0.1) is 0 Å². The van der Waals surface area contributed by atoms with Gasteiger partial charge in [0, 0.05) is 0 Å². The van der Waals surface area contributed by atoms with Crippen molar-refractivity contribution in [1.29, 1.82) is 0 Å². The van der Waals surface area contributed by atoms with E-state index < -0.39 is 61.5 Å². The molecule has 0 radical (unpaired) electrons. The van der Waals surface area contributed by atoms with Crippen molar-refractivity contribution in [3.05, 3.63) is 0 Å². The third-order valence-corrected chi connectivity index (χ3v) is 5.18. The average Bonchev–Trinajstić information content (AvgIpc) is 2.94. The molecular weight excluding hydrogens is 431 g/mol. The van der Waals surface area contributed by atoms with Crippen LogP contribution in [0.4, 0.5) is 48.3 Å². The topological polar surface area (TPSA) is 12.5 Å². The van der Waals surface area contributed by atoms with Gasteiger partial charge in [-0.3, -0.25) is 4.90 Å². The van der Waals surface area contributed by atoms with Gasteiger partial charge in [0.2, 0.25) is 0 Å². The van der Waals surface area contributed by atoms with Gasteiger partial charge in [-0.05, 0) is 38.8 Å². The molecule has 172 valence electrons. The maximum Gasteiger partial charge on any atom is 0.425 e. The highest BCUT2D eigenvalue weighted by atomic mass is 19.4. The molecule has 2 saturated heterocycles. The van der Waals surface area contributed by atoms with Crippen molar-refractivity contribution >= 4 is 0 Å². The van der Waals surface area contributed by atoms with Gasteiger partial charge in [0.05, 0.1) is 0 Å². The molecule has 2 aliphatic heterocycles. The van der Waals surface area contributed by atoms with Crippen LogP contribution >= 0.6 is 0 Å². The Hall–Kier alpha value is -0.850. The maximum atomic E-state index is 14.8. The zero-order valence-corrected chi connectivity index (χ0v) is 15.0. The van der Waals surface area contributed by atoms with E-state index in [1.807, 2.05) is 0 Å². The molecule has 2 heterocycles. The molecule has 0 saturated carbocycles. The molecule has 0 N–H and O–H groups in total. The lowest BCUT2D eigenvalue weighted by atomic mass is 9.98. The van der Waals surface area contributed by atoms with E-state index in [0.29, 0.717) is 17.7 Å². The number of rotatable bonds is 5. The number of halogens is 11. The lowest BCUT2D eigenvalue weighted by Gasteiger charge is -2.39. The van der Waals surface area contributed by atoms with Crippen molar-refractivity contribution in [3.8, 4) is 0 Å². The van der Waals surface area contributed by atoms with Crippen molar-refractivity contribution < 1.29 is 53.0 Å². The number of hydrogen-bond acceptors (Lipinski definition) is 2. The lowest BCUT2D eigenvalue weighted by Crippen LogP contribution is -2.61. The van der Waals surface area contributed by atoms with E-state index in [2.05, 4.69) is 4.74 Å². The second-order valence-electron chi connectivity index (χ2n) is 7.34. The smallest absolute Gasteiger partial charge is 0.362 e. The van der Waals surface area contributed by atoms with Crippen molar-refractivity contribution in [2.75, 3.05) is 13.1 Å². The SMILES string of the molecule is FC(C(F)(F)F)C(F)(F)C1CCC(C(F)(F)C(N2CCCCCC2)C(F)(F)F)O1.